The smallest absolute Gasteiger partial charge is 0.393 e. The topological polar surface area (TPSA) is 44.5 Å². The van der Waals surface area contributed by atoms with E-state index in [1.807, 2.05) is 0 Å². The van der Waals surface area contributed by atoms with Crippen LogP contribution in [0, 0.1) is 5.92 Å². The van der Waals surface area contributed by atoms with Gasteiger partial charge in [0.25, 0.3) is 0 Å². The number of halogens is 3. The summed E-state index contributed by atoms with van der Waals surface area (Å²) >= 11 is 4.36. The first-order valence-electron chi connectivity index (χ1n) is 4.96. The van der Waals surface area contributed by atoms with Gasteiger partial charge >= 0.3 is 6.18 Å². The Bertz CT molecular complexity index is 241. The van der Waals surface area contributed by atoms with E-state index >= 15 is 0 Å². The zero-order valence-electron chi connectivity index (χ0n) is 8.63. The van der Waals surface area contributed by atoms with Crippen LogP contribution in [0.3, 0.4) is 0 Å². The fourth-order valence-corrected chi connectivity index (χ4v) is 1.63. The molecule has 7 heteroatoms. The fraction of sp³-hybridized carbons (Fsp3) is 0.889. The van der Waals surface area contributed by atoms with Crippen LogP contribution in [-0.2, 0) is 9.47 Å². The zero-order chi connectivity index (χ0) is 12.2. The Morgan fingerprint density at radius 2 is 2.25 bits per heavy atom. The van der Waals surface area contributed by atoms with Crippen LogP contribution in [0.5, 0.6) is 0 Å². The Morgan fingerprint density at radius 3 is 2.69 bits per heavy atom. The van der Waals surface area contributed by atoms with Crippen molar-refractivity contribution < 1.29 is 22.6 Å². The number of hydrogen-bond acceptors (Lipinski definition) is 3. The number of thiocarbonyl (C=S) groups is 1. The summed E-state index contributed by atoms with van der Waals surface area (Å²) in [6, 6.07) is 0. The summed E-state index contributed by atoms with van der Waals surface area (Å²) in [6.07, 6.45) is -2.79. The Hall–Kier alpha value is -0.400. The number of ether oxygens (including phenoxy) is 2. The van der Waals surface area contributed by atoms with E-state index in [4.69, 9.17) is 15.2 Å². The molecule has 0 aromatic rings. The Balaban J connectivity index is 2.30. The van der Waals surface area contributed by atoms with E-state index in [-0.39, 0.29) is 12.7 Å². The maximum absolute atomic E-state index is 12.4. The van der Waals surface area contributed by atoms with Crippen molar-refractivity contribution >= 4 is 17.2 Å². The SMILES string of the molecule is NC(=S)C(COCC1CCCO1)C(F)(F)F. The lowest BCUT2D eigenvalue weighted by molar-refractivity contribution is -0.169. The average Bonchev–Trinajstić information content (AvgIpc) is 2.61. The standard InChI is InChI=1S/C9H14F3NO2S/c10-9(11,12)7(8(13)16)5-14-4-6-2-1-3-15-6/h6-7H,1-5H2,(H2,13,16). The van der Waals surface area contributed by atoms with Crippen LogP contribution >= 0.6 is 12.2 Å². The molecule has 94 valence electrons. The van der Waals surface area contributed by atoms with E-state index in [1.54, 1.807) is 0 Å². The largest absolute Gasteiger partial charge is 0.400 e. The van der Waals surface area contributed by atoms with Gasteiger partial charge in [-0.15, -0.1) is 0 Å². The summed E-state index contributed by atoms with van der Waals surface area (Å²) in [7, 11) is 0. The van der Waals surface area contributed by atoms with Crippen molar-refractivity contribution in [2.45, 2.75) is 25.1 Å². The van der Waals surface area contributed by atoms with Crippen LogP contribution < -0.4 is 5.73 Å². The molecule has 16 heavy (non-hydrogen) atoms. The van der Waals surface area contributed by atoms with E-state index in [2.05, 4.69) is 12.2 Å². The zero-order valence-corrected chi connectivity index (χ0v) is 9.44. The van der Waals surface area contributed by atoms with Crippen LogP contribution in [0.4, 0.5) is 13.2 Å². The van der Waals surface area contributed by atoms with Gasteiger partial charge in [0.15, 0.2) is 0 Å². The predicted molar refractivity (Wildman–Crippen MR) is 56.1 cm³/mol. The second kappa shape index (κ2) is 5.79. The van der Waals surface area contributed by atoms with Crippen molar-refractivity contribution in [3.05, 3.63) is 0 Å². The number of alkyl halides is 3. The molecule has 0 aromatic heterocycles. The van der Waals surface area contributed by atoms with Gasteiger partial charge in [0, 0.05) is 6.61 Å². The third-order valence-corrected chi connectivity index (χ3v) is 2.64. The first kappa shape index (κ1) is 13.7. The molecule has 2 atom stereocenters. The van der Waals surface area contributed by atoms with Crippen molar-refractivity contribution in [1.29, 1.82) is 0 Å². The van der Waals surface area contributed by atoms with Crippen LogP contribution in [0.1, 0.15) is 12.8 Å². The molecule has 1 heterocycles. The Labute approximate surface area is 97.1 Å². The maximum Gasteiger partial charge on any atom is 0.400 e. The lowest BCUT2D eigenvalue weighted by atomic mass is 10.1. The van der Waals surface area contributed by atoms with Crippen LogP contribution in [-0.4, -0.2) is 37.1 Å². The van der Waals surface area contributed by atoms with Gasteiger partial charge in [0.05, 0.1) is 24.3 Å². The first-order valence-corrected chi connectivity index (χ1v) is 5.37. The monoisotopic (exact) mass is 257 g/mol. The molecule has 1 aliphatic heterocycles. The van der Waals surface area contributed by atoms with Gasteiger partial charge in [-0.2, -0.15) is 13.2 Å². The molecule has 2 N–H and O–H groups in total. The van der Waals surface area contributed by atoms with Gasteiger partial charge in [-0.1, -0.05) is 12.2 Å². The second-order valence-electron chi connectivity index (χ2n) is 3.67. The molecule has 2 unspecified atom stereocenters. The Morgan fingerprint density at radius 1 is 1.56 bits per heavy atom. The van der Waals surface area contributed by atoms with E-state index in [0.717, 1.165) is 12.8 Å². The van der Waals surface area contributed by atoms with Gasteiger partial charge in [-0.3, -0.25) is 0 Å². The quantitative estimate of drug-likeness (QED) is 0.761. The highest BCUT2D eigenvalue weighted by Crippen LogP contribution is 2.27. The summed E-state index contributed by atoms with van der Waals surface area (Å²) in [5, 5.41) is 0. The van der Waals surface area contributed by atoms with E-state index in [1.165, 1.54) is 0 Å². The minimum atomic E-state index is -4.44. The summed E-state index contributed by atoms with van der Waals surface area (Å²) in [5.74, 6) is -1.87. The van der Waals surface area contributed by atoms with Crippen molar-refractivity contribution in [1.82, 2.24) is 0 Å². The number of nitrogens with two attached hydrogens (primary N) is 1. The third-order valence-electron chi connectivity index (χ3n) is 2.35. The fourth-order valence-electron chi connectivity index (χ4n) is 1.43. The highest BCUT2D eigenvalue weighted by Gasteiger charge is 2.41. The van der Waals surface area contributed by atoms with E-state index < -0.39 is 23.7 Å². The molecule has 0 aromatic carbocycles. The minimum absolute atomic E-state index is 0.0970. The highest BCUT2D eigenvalue weighted by atomic mass is 32.1. The molecule has 0 radical (unpaired) electrons. The normalized spacial score (nSPS) is 23.3. The van der Waals surface area contributed by atoms with Gasteiger partial charge in [-0.05, 0) is 12.8 Å². The third kappa shape index (κ3) is 4.23. The second-order valence-corrected chi connectivity index (χ2v) is 4.14. The van der Waals surface area contributed by atoms with Crippen molar-refractivity contribution in [2.24, 2.45) is 11.7 Å². The Kier molecular flexibility index (Phi) is 4.94. The summed E-state index contributed by atoms with van der Waals surface area (Å²) in [6.45, 7) is 0.278. The van der Waals surface area contributed by atoms with Crippen molar-refractivity contribution in [2.75, 3.05) is 19.8 Å². The molecule has 3 nitrogen and oxygen atoms in total. The van der Waals surface area contributed by atoms with Crippen molar-refractivity contribution in [3.8, 4) is 0 Å². The minimum Gasteiger partial charge on any atom is -0.393 e. The summed E-state index contributed by atoms with van der Waals surface area (Å²) in [5.41, 5.74) is 5.02. The molecule has 1 saturated heterocycles. The molecule has 1 rings (SSSR count). The van der Waals surface area contributed by atoms with Crippen LogP contribution in [0.2, 0.25) is 0 Å². The van der Waals surface area contributed by atoms with Gasteiger partial charge in [0.2, 0.25) is 0 Å². The molecule has 0 spiro atoms. The number of hydrogen-bond donors (Lipinski definition) is 1. The van der Waals surface area contributed by atoms with Crippen LogP contribution in [0.25, 0.3) is 0 Å². The molecule has 1 aliphatic rings. The number of rotatable bonds is 5. The molecule has 0 amide bonds. The molecular weight excluding hydrogens is 243 g/mol. The summed E-state index contributed by atoms with van der Waals surface area (Å²) in [4.78, 5) is -0.583. The molecule has 1 fully saturated rings. The maximum atomic E-state index is 12.4. The molecule has 0 bridgehead atoms. The highest BCUT2D eigenvalue weighted by molar-refractivity contribution is 7.80. The van der Waals surface area contributed by atoms with E-state index in [0.29, 0.717) is 6.61 Å². The van der Waals surface area contributed by atoms with Gasteiger partial charge in [0.1, 0.15) is 5.92 Å². The summed E-state index contributed by atoms with van der Waals surface area (Å²) < 4.78 is 47.3. The van der Waals surface area contributed by atoms with Gasteiger partial charge < -0.3 is 15.2 Å². The van der Waals surface area contributed by atoms with E-state index in [9.17, 15) is 13.2 Å². The lowest BCUT2D eigenvalue weighted by Crippen LogP contribution is -2.38. The lowest BCUT2D eigenvalue weighted by Gasteiger charge is -2.19. The molecule has 0 aliphatic carbocycles. The first-order chi connectivity index (χ1) is 7.41. The van der Waals surface area contributed by atoms with Crippen LogP contribution in [0.15, 0.2) is 0 Å². The molecular formula is C9H14F3NO2S. The predicted octanol–water partition coefficient (Wildman–Crippen LogP) is 1.65. The van der Waals surface area contributed by atoms with Gasteiger partial charge in [-0.25, -0.2) is 0 Å². The average molecular weight is 257 g/mol. The van der Waals surface area contributed by atoms with Crippen molar-refractivity contribution in [3.63, 3.8) is 0 Å². The molecule has 0 saturated carbocycles.